The van der Waals surface area contributed by atoms with Gasteiger partial charge in [-0.05, 0) is 6.08 Å². The quantitative estimate of drug-likeness (QED) is 0.0797. The number of anilines is 1. The molecule has 4 N–H and O–H groups in total. The van der Waals surface area contributed by atoms with Crippen molar-refractivity contribution < 1.29 is 62.9 Å². The first-order valence-electron chi connectivity index (χ1n) is 15.6. The highest BCUT2D eigenvalue weighted by Gasteiger charge is 2.26. The van der Waals surface area contributed by atoms with E-state index in [0.29, 0.717) is 86.8 Å². The van der Waals surface area contributed by atoms with Gasteiger partial charge < -0.3 is 63.2 Å². The number of rotatable bonds is 26. The van der Waals surface area contributed by atoms with Crippen LogP contribution in [0.15, 0.2) is 41.4 Å². The van der Waals surface area contributed by atoms with Crippen molar-refractivity contribution in [3.05, 3.63) is 46.9 Å². The molecule has 0 heterocycles. The number of ether oxygens (including phenoxy) is 8. The van der Waals surface area contributed by atoms with Gasteiger partial charge in [-0.15, -0.1) is 0 Å². The number of hydrogen-bond acceptors (Lipinski definition) is 13. The van der Waals surface area contributed by atoms with Crippen LogP contribution in [-0.2, 0) is 28.4 Å². The third kappa shape index (κ3) is 13.4. The lowest BCUT2D eigenvalue weighted by atomic mass is 9.99. The van der Waals surface area contributed by atoms with E-state index in [4.69, 9.17) is 58.3 Å². The Morgan fingerprint density at radius 1 is 0.596 bits per heavy atom. The molecule has 47 heavy (non-hydrogen) atoms. The molecule has 0 saturated carbocycles. The summed E-state index contributed by atoms with van der Waals surface area (Å²) in [7, 11) is 6.34. The van der Waals surface area contributed by atoms with Crippen LogP contribution in [0, 0.1) is 0 Å². The fraction of sp³-hybridized carbons (Fsp3) is 0.606. The smallest absolute Gasteiger partial charge is 0.207 e. The molecule has 0 bridgehead atoms. The molecule has 0 unspecified atom stereocenters. The van der Waals surface area contributed by atoms with Crippen LogP contribution in [0.5, 0.6) is 11.5 Å². The van der Waals surface area contributed by atoms with E-state index in [2.05, 4.69) is 9.48 Å². The van der Waals surface area contributed by atoms with Gasteiger partial charge in [-0.2, -0.15) is 0 Å². The summed E-state index contributed by atoms with van der Waals surface area (Å²) in [6.07, 6.45) is 5.70. The summed E-state index contributed by atoms with van der Waals surface area (Å²) in [6.45, 7) is 4.36. The Bertz CT molecular complexity index is 1090. The Morgan fingerprint density at radius 2 is 1.02 bits per heavy atom. The zero-order chi connectivity index (χ0) is 34.3. The summed E-state index contributed by atoms with van der Waals surface area (Å²) in [5.74, 6) is 2.20. The predicted octanol–water partition coefficient (Wildman–Crippen LogP) is 0.457. The van der Waals surface area contributed by atoms with Gasteiger partial charge in [0.05, 0.1) is 118 Å². The standard InChI is InChI=1S/C33H53N2O12/c1-40-30-21-26(34(5-13-44-17-9-36)6-14-45-18-10-37)22-31(41-2)28(30)25-29-32(42-3)23-27(24-33(29)43-4)35(7-15-46-19-11-38)8-16-47-20-12-39/h21-25,36-39H,5-20H2,1-4H3/q+1. The SMILES string of the molecule is COC1=CC(=[N+](CCOCCO)CCOCCO)C=C(OC)C1=Cc1c(OC)cc(N(CCOCCO)CCOCCO)cc1OC. The van der Waals surface area contributed by atoms with Crippen LogP contribution in [-0.4, -0.2) is 165 Å². The first kappa shape index (κ1) is 40.0. The Hall–Kier alpha value is -3.21. The second-order valence-corrected chi connectivity index (χ2v) is 9.99. The van der Waals surface area contributed by atoms with E-state index < -0.39 is 0 Å². The maximum absolute atomic E-state index is 9.09. The molecule has 1 aromatic rings. The van der Waals surface area contributed by atoms with E-state index in [1.165, 1.54) is 0 Å². The van der Waals surface area contributed by atoms with Crippen molar-refractivity contribution >= 4 is 17.5 Å². The maximum Gasteiger partial charge on any atom is 0.207 e. The van der Waals surface area contributed by atoms with Crippen molar-refractivity contribution in [2.24, 2.45) is 0 Å². The van der Waals surface area contributed by atoms with Gasteiger partial charge in [0.25, 0.3) is 0 Å². The zero-order valence-corrected chi connectivity index (χ0v) is 28.1. The van der Waals surface area contributed by atoms with Gasteiger partial charge in [-0.1, -0.05) is 0 Å². The van der Waals surface area contributed by atoms with Crippen molar-refractivity contribution in [2.45, 2.75) is 0 Å². The minimum atomic E-state index is -0.0597. The predicted molar refractivity (Wildman–Crippen MR) is 177 cm³/mol. The second-order valence-electron chi connectivity index (χ2n) is 9.99. The van der Waals surface area contributed by atoms with Crippen LogP contribution >= 0.6 is 0 Å². The second kappa shape index (κ2) is 24.0. The van der Waals surface area contributed by atoms with Crippen LogP contribution in [0.4, 0.5) is 5.69 Å². The molecule has 2 rings (SSSR count). The molecule has 0 radical (unpaired) electrons. The Labute approximate surface area is 277 Å². The van der Waals surface area contributed by atoms with Crippen LogP contribution in [0.25, 0.3) is 6.08 Å². The molecule has 1 aliphatic rings. The molecule has 0 atom stereocenters. The lowest BCUT2D eigenvalue weighted by molar-refractivity contribution is -0.532. The molecular weight excluding hydrogens is 616 g/mol. The van der Waals surface area contributed by atoms with E-state index in [1.807, 2.05) is 30.4 Å². The lowest BCUT2D eigenvalue weighted by Gasteiger charge is -2.26. The first-order chi connectivity index (χ1) is 23.0. The van der Waals surface area contributed by atoms with Gasteiger partial charge in [0.1, 0.15) is 36.2 Å². The maximum atomic E-state index is 9.09. The molecule has 0 amide bonds. The van der Waals surface area contributed by atoms with E-state index in [-0.39, 0.29) is 52.9 Å². The normalized spacial score (nSPS) is 12.9. The van der Waals surface area contributed by atoms with Gasteiger partial charge in [-0.3, -0.25) is 0 Å². The first-order valence-corrected chi connectivity index (χ1v) is 15.6. The topological polar surface area (TPSA) is 161 Å². The Balaban J connectivity index is 2.54. The lowest BCUT2D eigenvalue weighted by Crippen LogP contribution is -2.31. The molecule has 0 spiro atoms. The van der Waals surface area contributed by atoms with Gasteiger partial charge in [0.2, 0.25) is 5.71 Å². The number of aliphatic hydroxyl groups is 4. The van der Waals surface area contributed by atoms with Crippen LogP contribution in [0.1, 0.15) is 5.56 Å². The van der Waals surface area contributed by atoms with Gasteiger partial charge in [0, 0.05) is 30.9 Å². The highest BCUT2D eigenvalue weighted by molar-refractivity contribution is 6.04. The molecular formula is C33H53N2O12+. The Morgan fingerprint density at radius 3 is 1.40 bits per heavy atom. The molecule has 0 aliphatic heterocycles. The van der Waals surface area contributed by atoms with E-state index in [1.54, 1.807) is 28.4 Å². The van der Waals surface area contributed by atoms with Crippen molar-refractivity contribution in [1.82, 2.24) is 0 Å². The summed E-state index contributed by atoms with van der Waals surface area (Å²) >= 11 is 0. The largest absolute Gasteiger partial charge is 0.496 e. The average molecular weight is 670 g/mol. The molecule has 0 saturated heterocycles. The van der Waals surface area contributed by atoms with E-state index in [0.717, 1.165) is 11.4 Å². The Kier molecular flexibility index (Phi) is 20.4. The molecule has 1 aliphatic carbocycles. The van der Waals surface area contributed by atoms with E-state index >= 15 is 0 Å². The van der Waals surface area contributed by atoms with Gasteiger partial charge in [-0.25, -0.2) is 4.58 Å². The third-order valence-electron chi connectivity index (χ3n) is 7.04. The van der Waals surface area contributed by atoms with E-state index in [9.17, 15) is 0 Å². The molecule has 0 fully saturated rings. The molecule has 266 valence electrons. The molecule has 14 heteroatoms. The number of allylic oxidation sites excluding steroid dienone is 2. The van der Waals surface area contributed by atoms with Crippen LogP contribution < -0.4 is 14.4 Å². The summed E-state index contributed by atoms with van der Waals surface area (Å²) < 4.78 is 47.5. The summed E-state index contributed by atoms with van der Waals surface area (Å²) in [5.41, 5.74) is 2.96. The number of hydrogen-bond donors (Lipinski definition) is 4. The molecule has 1 aromatic carbocycles. The molecule has 14 nitrogen and oxygen atoms in total. The fourth-order valence-electron chi connectivity index (χ4n) is 4.75. The van der Waals surface area contributed by atoms with Crippen LogP contribution in [0.3, 0.4) is 0 Å². The van der Waals surface area contributed by atoms with Crippen LogP contribution in [0.2, 0.25) is 0 Å². The highest BCUT2D eigenvalue weighted by Crippen LogP contribution is 2.39. The number of methoxy groups -OCH3 is 4. The zero-order valence-electron chi connectivity index (χ0n) is 28.1. The highest BCUT2D eigenvalue weighted by atomic mass is 16.5. The minimum absolute atomic E-state index is 0.0597. The average Bonchev–Trinajstić information content (AvgIpc) is 3.10. The number of benzene rings is 1. The van der Waals surface area contributed by atoms with Crippen molar-refractivity contribution in [1.29, 1.82) is 0 Å². The summed E-state index contributed by atoms with van der Waals surface area (Å²) in [4.78, 5) is 2.06. The summed E-state index contributed by atoms with van der Waals surface area (Å²) in [5, 5.41) is 36.4. The molecule has 0 aromatic heterocycles. The van der Waals surface area contributed by atoms with Crippen molar-refractivity contribution in [3.63, 3.8) is 0 Å². The van der Waals surface area contributed by atoms with Crippen molar-refractivity contribution in [2.75, 3.05) is 139 Å². The number of aliphatic hydroxyl groups excluding tert-OH is 4. The third-order valence-corrected chi connectivity index (χ3v) is 7.04. The number of nitrogens with zero attached hydrogens (tertiary/aromatic N) is 2. The minimum Gasteiger partial charge on any atom is -0.496 e. The summed E-state index contributed by atoms with van der Waals surface area (Å²) in [6, 6.07) is 3.81. The van der Waals surface area contributed by atoms with Crippen molar-refractivity contribution in [3.8, 4) is 11.5 Å². The van der Waals surface area contributed by atoms with Gasteiger partial charge in [0.15, 0.2) is 13.1 Å². The monoisotopic (exact) mass is 669 g/mol. The van der Waals surface area contributed by atoms with Gasteiger partial charge >= 0.3 is 0 Å². The fourth-order valence-corrected chi connectivity index (χ4v) is 4.75.